The summed E-state index contributed by atoms with van der Waals surface area (Å²) >= 11 is -1.20. The zero-order chi connectivity index (χ0) is 22.5. The molecule has 1 aromatic heterocycles. The fourth-order valence-electron chi connectivity index (χ4n) is 2.96. The summed E-state index contributed by atoms with van der Waals surface area (Å²) < 4.78 is 23.2. The molecule has 3 aromatic rings. The van der Waals surface area contributed by atoms with E-state index in [4.69, 9.17) is 5.11 Å². The zero-order valence-electron chi connectivity index (χ0n) is 16.9. The number of nitrogens with zero attached hydrogens (tertiary/aromatic N) is 2. The maximum Gasteiger partial charge on any atom is 0.335 e. The summed E-state index contributed by atoms with van der Waals surface area (Å²) in [5, 5.41) is 12.4. The molecule has 0 aliphatic carbocycles. The van der Waals surface area contributed by atoms with Crippen LogP contribution >= 0.6 is 11.3 Å². The van der Waals surface area contributed by atoms with Gasteiger partial charge in [-0.15, -0.1) is 0 Å². The van der Waals surface area contributed by atoms with Crippen molar-refractivity contribution in [2.24, 2.45) is 0 Å². The van der Waals surface area contributed by atoms with E-state index in [-0.39, 0.29) is 11.5 Å². The van der Waals surface area contributed by atoms with E-state index in [0.29, 0.717) is 21.5 Å². The van der Waals surface area contributed by atoms with Crippen LogP contribution in [0.2, 0.25) is 0 Å². The van der Waals surface area contributed by atoms with Gasteiger partial charge in [0.15, 0.2) is 5.13 Å². The number of rotatable bonds is 8. The predicted octanol–water partition coefficient (Wildman–Crippen LogP) is 4.17. The third kappa shape index (κ3) is 5.75. The quantitative estimate of drug-likeness (QED) is 0.435. The lowest BCUT2D eigenvalue weighted by Crippen LogP contribution is -2.19. The lowest BCUT2D eigenvalue weighted by Gasteiger charge is -2.18. The van der Waals surface area contributed by atoms with Gasteiger partial charge in [0.2, 0.25) is 5.91 Å². The Morgan fingerprint density at radius 2 is 1.61 bits per heavy atom. The van der Waals surface area contributed by atoms with Gasteiger partial charge in [0.25, 0.3) is 11.3 Å². The number of carboxylic acid groups (broad SMARTS) is 1. The first-order valence-corrected chi connectivity index (χ1v) is 11.2. The molecule has 1 heterocycles. The van der Waals surface area contributed by atoms with Gasteiger partial charge in [0.1, 0.15) is 5.00 Å². The highest BCUT2D eigenvalue weighted by Crippen LogP contribution is 2.37. The molecular formula is C21H21N3O5S2. The maximum absolute atomic E-state index is 12.0. The van der Waals surface area contributed by atoms with Crippen molar-refractivity contribution in [3.8, 4) is 0 Å². The van der Waals surface area contributed by atoms with E-state index in [0.717, 1.165) is 35.3 Å². The van der Waals surface area contributed by atoms with E-state index < -0.39 is 17.2 Å². The first-order chi connectivity index (χ1) is 14.7. The molecule has 0 aliphatic heterocycles. The van der Waals surface area contributed by atoms with Gasteiger partial charge in [-0.3, -0.25) is 9.35 Å². The minimum atomic E-state index is -2.32. The maximum atomic E-state index is 12.0. The van der Waals surface area contributed by atoms with Crippen molar-refractivity contribution in [1.29, 1.82) is 0 Å². The number of aromatic nitrogens is 1. The summed E-state index contributed by atoms with van der Waals surface area (Å²) in [6, 6.07) is 14.0. The third-order valence-corrected chi connectivity index (χ3v) is 6.35. The monoisotopic (exact) mass is 459 g/mol. The van der Waals surface area contributed by atoms with E-state index in [1.165, 1.54) is 11.2 Å². The normalized spacial score (nSPS) is 11.7. The van der Waals surface area contributed by atoms with E-state index in [9.17, 15) is 18.4 Å². The number of aryl methyl sites for hydroxylation is 3. The first-order valence-electron chi connectivity index (χ1n) is 9.32. The van der Waals surface area contributed by atoms with Gasteiger partial charge < -0.3 is 10.4 Å². The molecule has 8 nitrogen and oxygen atoms in total. The Balaban J connectivity index is 1.73. The smallest absolute Gasteiger partial charge is 0.335 e. The van der Waals surface area contributed by atoms with Gasteiger partial charge in [-0.25, -0.2) is 18.3 Å². The van der Waals surface area contributed by atoms with Crippen LogP contribution in [0.4, 0.5) is 15.8 Å². The van der Waals surface area contributed by atoms with Crippen molar-refractivity contribution in [1.82, 2.24) is 4.98 Å². The highest BCUT2D eigenvalue weighted by molar-refractivity contribution is 7.81. The van der Waals surface area contributed by atoms with Crippen LogP contribution in [0, 0.1) is 6.92 Å². The number of aromatic carboxylic acids is 1. The fourth-order valence-corrected chi connectivity index (χ4v) is 4.78. The molecule has 3 N–H and O–H groups in total. The molecule has 0 saturated heterocycles. The number of carboxylic acids is 1. The highest BCUT2D eigenvalue weighted by atomic mass is 32.2. The Kier molecular flexibility index (Phi) is 7.16. The second-order valence-electron chi connectivity index (χ2n) is 6.78. The Morgan fingerprint density at radius 3 is 2.10 bits per heavy atom. The van der Waals surface area contributed by atoms with Gasteiger partial charge in [-0.05, 0) is 55.2 Å². The van der Waals surface area contributed by atoms with Crippen LogP contribution in [-0.4, -0.2) is 30.7 Å². The Labute approximate surface area is 186 Å². The lowest BCUT2D eigenvalue weighted by molar-refractivity contribution is -0.114. The van der Waals surface area contributed by atoms with E-state index in [2.05, 4.69) is 10.3 Å². The van der Waals surface area contributed by atoms with Crippen LogP contribution in [-0.2, 0) is 28.9 Å². The van der Waals surface area contributed by atoms with Crippen LogP contribution in [0.15, 0.2) is 48.5 Å². The first kappa shape index (κ1) is 22.6. The number of amides is 1. The molecule has 0 bridgehead atoms. The average molecular weight is 460 g/mol. The summed E-state index contributed by atoms with van der Waals surface area (Å²) in [7, 11) is 0. The summed E-state index contributed by atoms with van der Waals surface area (Å²) in [6.45, 7) is 3.08. The summed E-state index contributed by atoms with van der Waals surface area (Å²) in [4.78, 5) is 26.4. The molecule has 31 heavy (non-hydrogen) atoms. The van der Waals surface area contributed by atoms with Gasteiger partial charge in [-0.1, -0.05) is 35.6 Å². The van der Waals surface area contributed by atoms with Gasteiger partial charge in [0, 0.05) is 6.92 Å². The zero-order valence-corrected chi connectivity index (χ0v) is 18.5. The Hall–Kier alpha value is -3.08. The van der Waals surface area contributed by atoms with Crippen LogP contribution in [0.5, 0.6) is 0 Å². The molecule has 3 rings (SSSR count). The van der Waals surface area contributed by atoms with Crippen LogP contribution < -0.4 is 9.62 Å². The van der Waals surface area contributed by atoms with Crippen molar-refractivity contribution in [2.45, 2.75) is 26.7 Å². The van der Waals surface area contributed by atoms with Crippen LogP contribution in [0.25, 0.3) is 0 Å². The summed E-state index contributed by atoms with van der Waals surface area (Å²) in [5.41, 5.74) is 3.37. The van der Waals surface area contributed by atoms with E-state index in [1.807, 2.05) is 12.1 Å². The average Bonchev–Trinajstić information content (AvgIpc) is 3.06. The molecule has 0 aliphatic rings. The molecule has 0 radical (unpaired) electrons. The minimum absolute atomic E-state index is 0.255. The standard InChI is InChI=1S/C21H21N3O5S2/c1-13-19(30-21(22-13)23-14(2)25)24(31(28)29)18-11-7-16(8-12-18)4-3-15-5-9-17(10-6-15)20(26)27/h5-12H,3-4H2,1-2H3,(H,26,27)(H,28,29)(H,22,23,25). The molecule has 162 valence electrons. The SMILES string of the molecule is CC(=O)Nc1nc(C)c(N(c2ccc(CCc3ccc(C(=O)O)cc3)cc2)S(=O)O)s1. The minimum Gasteiger partial charge on any atom is -0.478 e. The van der Waals surface area contributed by atoms with Crippen molar-refractivity contribution in [2.75, 3.05) is 9.62 Å². The lowest BCUT2D eigenvalue weighted by atomic mass is 10.0. The summed E-state index contributed by atoms with van der Waals surface area (Å²) in [6.07, 6.45) is 1.48. The molecule has 1 unspecified atom stereocenters. The highest BCUT2D eigenvalue weighted by Gasteiger charge is 2.21. The predicted molar refractivity (Wildman–Crippen MR) is 121 cm³/mol. The van der Waals surface area contributed by atoms with Crippen molar-refractivity contribution in [3.63, 3.8) is 0 Å². The second-order valence-corrected chi connectivity index (χ2v) is 8.59. The number of benzene rings is 2. The topological polar surface area (TPSA) is 120 Å². The number of nitrogens with one attached hydrogen (secondary N) is 1. The molecule has 10 heteroatoms. The van der Waals surface area contributed by atoms with E-state index in [1.54, 1.807) is 43.3 Å². The molecular weight excluding hydrogens is 438 g/mol. The number of carbonyl (C=O) groups excluding carboxylic acids is 1. The molecule has 0 fully saturated rings. The Morgan fingerprint density at radius 1 is 1.06 bits per heavy atom. The molecule has 1 amide bonds. The van der Waals surface area contributed by atoms with Crippen molar-refractivity contribution in [3.05, 3.63) is 70.9 Å². The van der Waals surface area contributed by atoms with Crippen molar-refractivity contribution < 1.29 is 23.5 Å². The molecule has 1 atom stereocenters. The fraction of sp³-hybridized carbons (Fsp3) is 0.190. The number of hydrogen-bond acceptors (Lipinski definition) is 5. The number of hydrogen-bond donors (Lipinski definition) is 3. The van der Waals surface area contributed by atoms with Crippen LogP contribution in [0.3, 0.4) is 0 Å². The van der Waals surface area contributed by atoms with Crippen molar-refractivity contribution >= 4 is 50.3 Å². The van der Waals surface area contributed by atoms with E-state index >= 15 is 0 Å². The number of thiazole rings is 1. The van der Waals surface area contributed by atoms with Gasteiger partial charge in [0.05, 0.1) is 16.9 Å². The third-order valence-electron chi connectivity index (χ3n) is 4.47. The summed E-state index contributed by atoms with van der Waals surface area (Å²) in [5.74, 6) is -1.22. The largest absolute Gasteiger partial charge is 0.478 e. The molecule has 0 spiro atoms. The van der Waals surface area contributed by atoms with Gasteiger partial charge in [-0.2, -0.15) is 0 Å². The molecule has 2 aromatic carbocycles. The molecule has 0 saturated carbocycles. The Bertz CT molecular complexity index is 1110. The second kappa shape index (κ2) is 9.82. The van der Waals surface area contributed by atoms with Gasteiger partial charge >= 0.3 is 5.97 Å². The number of anilines is 3. The van der Waals surface area contributed by atoms with Crippen LogP contribution in [0.1, 0.15) is 34.1 Å². The number of carbonyl (C=O) groups is 2.